The quantitative estimate of drug-likeness (QED) is 0.856. The molecule has 0 saturated heterocycles. The van der Waals surface area contributed by atoms with E-state index in [1.807, 2.05) is 4.68 Å². The summed E-state index contributed by atoms with van der Waals surface area (Å²) >= 11 is 3.61. The van der Waals surface area contributed by atoms with Crippen molar-refractivity contribution in [3.8, 4) is 0 Å². The maximum Gasteiger partial charge on any atom is 0.170 e. The van der Waals surface area contributed by atoms with Crippen LogP contribution in [0.3, 0.4) is 0 Å². The Morgan fingerprint density at radius 3 is 3.00 bits per heavy atom. The number of benzene rings is 1. The molecule has 1 aliphatic heterocycles. The summed E-state index contributed by atoms with van der Waals surface area (Å²) in [4.78, 5) is 2.44. The van der Waals surface area contributed by atoms with Gasteiger partial charge < -0.3 is 4.90 Å². The van der Waals surface area contributed by atoms with Crippen molar-refractivity contribution >= 4 is 21.6 Å². The molecular weight excluding hydrogens is 330 g/mol. The third-order valence-corrected chi connectivity index (χ3v) is 4.78. The van der Waals surface area contributed by atoms with Gasteiger partial charge in [-0.1, -0.05) is 15.9 Å². The molecule has 1 aromatic heterocycles. The van der Waals surface area contributed by atoms with Gasteiger partial charge in [-0.05, 0) is 66.3 Å². The van der Waals surface area contributed by atoms with Crippen LogP contribution in [-0.2, 0) is 13.0 Å². The lowest BCUT2D eigenvalue weighted by Crippen LogP contribution is -2.31. The molecule has 2 heterocycles. The fraction of sp³-hybridized carbons (Fsp3) is 0.533. The van der Waals surface area contributed by atoms with E-state index in [9.17, 15) is 0 Å². The zero-order valence-corrected chi connectivity index (χ0v) is 13.7. The minimum atomic E-state index is 0.533. The highest BCUT2D eigenvalue weighted by atomic mass is 79.9. The Bertz CT molecular complexity index is 677. The fourth-order valence-electron chi connectivity index (χ4n) is 3.27. The van der Waals surface area contributed by atoms with Crippen LogP contribution in [-0.4, -0.2) is 26.8 Å². The van der Waals surface area contributed by atoms with Gasteiger partial charge in [0, 0.05) is 16.7 Å². The molecule has 1 fully saturated rings. The monoisotopic (exact) mass is 347 g/mol. The van der Waals surface area contributed by atoms with Crippen LogP contribution in [0.5, 0.6) is 0 Å². The number of halogens is 1. The number of hydrogen-bond acceptors (Lipinski definition) is 4. The van der Waals surface area contributed by atoms with E-state index in [4.69, 9.17) is 0 Å². The van der Waals surface area contributed by atoms with Crippen LogP contribution in [0.25, 0.3) is 0 Å². The molecule has 21 heavy (non-hydrogen) atoms. The second-order valence-electron chi connectivity index (χ2n) is 6.03. The van der Waals surface area contributed by atoms with E-state index in [1.165, 1.54) is 40.5 Å². The molecule has 0 bridgehead atoms. The first-order chi connectivity index (χ1) is 10.2. The molecule has 110 valence electrons. The van der Waals surface area contributed by atoms with Gasteiger partial charge in [0.15, 0.2) is 5.82 Å². The lowest BCUT2D eigenvalue weighted by molar-refractivity contribution is 0.567. The molecule has 6 heteroatoms. The van der Waals surface area contributed by atoms with Gasteiger partial charge in [0.05, 0.1) is 12.6 Å². The molecule has 2 aliphatic rings. The average molecular weight is 348 g/mol. The topological polar surface area (TPSA) is 46.8 Å². The predicted octanol–water partition coefficient (Wildman–Crippen LogP) is 3.03. The highest BCUT2D eigenvalue weighted by Crippen LogP contribution is 2.37. The predicted molar refractivity (Wildman–Crippen MR) is 84.3 cm³/mol. The summed E-state index contributed by atoms with van der Waals surface area (Å²) in [5.74, 6) is 0.993. The molecule has 0 N–H and O–H groups in total. The molecule has 1 aliphatic carbocycles. The first-order valence-electron chi connectivity index (χ1n) is 7.53. The summed E-state index contributed by atoms with van der Waals surface area (Å²) in [6.07, 6.45) is 4.76. The Labute approximate surface area is 132 Å². The normalized spacial score (nSPS) is 17.9. The standard InChI is InChI=1S/C15H18BrN5/c1-10-7-12(16)8-11-3-2-6-20(15(10)11)9-14-17-18-19-21(14)13-4-5-13/h7-8,13H,2-6,9H2,1H3. The number of rotatable bonds is 3. The van der Waals surface area contributed by atoms with E-state index in [2.05, 4.69) is 55.4 Å². The summed E-state index contributed by atoms with van der Waals surface area (Å²) in [7, 11) is 0. The summed E-state index contributed by atoms with van der Waals surface area (Å²) < 4.78 is 3.19. The second-order valence-corrected chi connectivity index (χ2v) is 6.94. The maximum atomic E-state index is 4.24. The van der Waals surface area contributed by atoms with Crippen LogP contribution in [0.15, 0.2) is 16.6 Å². The molecule has 0 spiro atoms. The van der Waals surface area contributed by atoms with Gasteiger partial charge in [0.25, 0.3) is 0 Å². The molecule has 1 aromatic carbocycles. The Morgan fingerprint density at radius 1 is 1.33 bits per heavy atom. The minimum absolute atomic E-state index is 0.533. The Morgan fingerprint density at radius 2 is 2.19 bits per heavy atom. The molecule has 0 amide bonds. The SMILES string of the molecule is Cc1cc(Br)cc2c1N(Cc1nnnn1C1CC1)CCC2. The van der Waals surface area contributed by atoms with Crippen LogP contribution in [0.2, 0.25) is 0 Å². The summed E-state index contributed by atoms with van der Waals surface area (Å²) in [6, 6.07) is 4.98. The molecule has 0 atom stereocenters. The highest BCUT2D eigenvalue weighted by molar-refractivity contribution is 9.10. The smallest absolute Gasteiger partial charge is 0.170 e. The fourth-order valence-corrected chi connectivity index (χ4v) is 3.89. The summed E-state index contributed by atoms with van der Waals surface area (Å²) in [5, 5.41) is 12.3. The van der Waals surface area contributed by atoms with Crippen molar-refractivity contribution in [1.82, 2.24) is 20.2 Å². The Balaban J connectivity index is 1.67. The van der Waals surface area contributed by atoms with Crippen molar-refractivity contribution in [3.63, 3.8) is 0 Å². The first kappa shape index (κ1) is 13.2. The van der Waals surface area contributed by atoms with E-state index < -0.39 is 0 Å². The highest BCUT2D eigenvalue weighted by Gasteiger charge is 2.29. The summed E-state index contributed by atoms with van der Waals surface area (Å²) in [6.45, 7) is 4.07. The number of aryl methyl sites for hydroxylation is 2. The van der Waals surface area contributed by atoms with Crippen molar-refractivity contribution in [2.24, 2.45) is 0 Å². The van der Waals surface area contributed by atoms with Gasteiger partial charge in [-0.2, -0.15) is 0 Å². The number of nitrogens with zero attached hydrogens (tertiary/aromatic N) is 5. The van der Waals surface area contributed by atoms with Crippen LogP contribution in [0.4, 0.5) is 5.69 Å². The van der Waals surface area contributed by atoms with E-state index in [0.717, 1.165) is 25.3 Å². The van der Waals surface area contributed by atoms with E-state index in [1.54, 1.807) is 0 Å². The first-order valence-corrected chi connectivity index (χ1v) is 8.32. The minimum Gasteiger partial charge on any atom is -0.363 e. The zero-order valence-electron chi connectivity index (χ0n) is 12.1. The number of hydrogen-bond donors (Lipinski definition) is 0. The summed E-state index contributed by atoms with van der Waals surface area (Å²) in [5.41, 5.74) is 4.12. The van der Waals surface area contributed by atoms with Gasteiger partial charge in [-0.25, -0.2) is 4.68 Å². The molecule has 5 nitrogen and oxygen atoms in total. The zero-order chi connectivity index (χ0) is 14.4. The molecular formula is C15H18BrN5. The lowest BCUT2D eigenvalue weighted by atomic mass is 9.98. The number of aromatic nitrogens is 4. The van der Waals surface area contributed by atoms with E-state index in [0.29, 0.717) is 6.04 Å². The van der Waals surface area contributed by atoms with E-state index in [-0.39, 0.29) is 0 Å². The molecule has 4 rings (SSSR count). The third kappa shape index (κ3) is 2.46. The molecule has 0 radical (unpaired) electrons. The van der Waals surface area contributed by atoms with Crippen LogP contribution < -0.4 is 4.90 Å². The van der Waals surface area contributed by atoms with Gasteiger partial charge in [0.1, 0.15) is 0 Å². The molecule has 2 aromatic rings. The molecule has 0 unspecified atom stereocenters. The van der Waals surface area contributed by atoms with Crippen LogP contribution in [0, 0.1) is 6.92 Å². The van der Waals surface area contributed by atoms with Crippen molar-refractivity contribution in [1.29, 1.82) is 0 Å². The van der Waals surface area contributed by atoms with Crippen LogP contribution >= 0.6 is 15.9 Å². The van der Waals surface area contributed by atoms with Crippen molar-refractivity contribution < 1.29 is 0 Å². The second kappa shape index (κ2) is 5.09. The van der Waals surface area contributed by atoms with E-state index >= 15 is 0 Å². The largest absolute Gasteiger partial charge is 0.363 e. The maximum absolute atomic E-state index is 4.24. The lowest BCUT2D eigenvalue weighted by Gasteiger charge is -2.32. The Hall–Kier alpha value is -1.43. The number of fused-ring (bicyclic) bond motifs is 1. The van der Waals surface area contributed by atoms with Gasteiger partial charge in [-0.3, -0.25) is 0 Å². The van der Waals surface area contributed by atoms with Gasteiger partial charge >= 0.3 is 0 Å². The van der Waals surface area contributed by atoms with Gasteiger partial charge in [0.2, 0.25) is 0 Å². The third-order valence-electron chi connectivity index (χ3n) is 4.32. The van der Waals surface area contributed by atoms with Crippen molar-refractivity contribution in [2.75, 3.05) is 11.4 Å². The van der Waals surface area contributed by atoms with Crippen molar-refractivity contribution in [2.45, 2.75) is 45.2 Å². The van der Waals surface area contributed by atoms with Gasteiger partial charge in [-0.15, -0.1) is 5.10 Å². The Kier molecular flexibility index (Phi) is 3.21. The molecule has 1 saturated carbocycles. The average Bonchev–Trinajstić information content (AvgIpc) is 3.19. The van der Waals surface area contributed by atoms with Crippen LogP contribution in [0.1, 0.15) is 42.3 Å². The van der Waals surface area contributed by atoms with Crippen molar-refractivity contribution in [3.05, 3.63) is 33.6 Å². The number of anilines is 1. The number of tetrazole rings is 1.